The van der Waals surface area contributed by atoms with Gasteiger partial charge in [0, 0.05) is 17.0 Å². The van der Waals surface area contributed by atoms with E-state index < -0.39 is 0 Å². The molecule has 0 N–H and O–H groups in total. The Labute approximate surface area is 191 Å². The first-order valence-corrected chi connectivity index (χ1v) is 11.6. The smallest absolute Gasteiger partial charge is 0.293 e. The van der Waals surface area contributed by atoms with Crippen molar-refractivity contribution in [2.75, 3.05) is 0 Å². The number of benzene rings is 5. The minimum atomic E-state index is -0.135. The largest absolute Gasteiger partial charge is 0.435 e. The summed E-state index contributed by atoms with van der Waals surface area (Å²) in [6, 6.07) is 31.1. The lowest BCUT2D eigenvalue weighted by atomic mass is 9.79. The van der Waals surface area contributed by atoms with Gasteiger partial charge in [-0.25, -0.2) is 0 Å². The highest BCUT2D eigenvalue weighted by Crippen LogP contribution is 2.56. The third-order valence-corrected chi connectivity index (χ3v) is 7.93. The number of ether oxygens (including phenoxy) is 1. The Hall–Kier alpha value is -3.91. The molecule has 1 aromatic heterocycles. The Morgan fingerprint density at radius 3 is 2.27 bits per heavy atom. The predicted octanol–water partition coefficient (Wildman–Crippen LogP) is 7.24. The van der Waals surface area contributed by atoms with Gasteiger partial charge in [-0.1, -0.05) is 74.5 Å². The van der Waals surface area contributed by atoms with Crippen LogP contribution in [0.15, 0.2) is 84.9 Å². The van der Waals surface area contributed by atoms with Crippen molar-refractivity contribution in [2.24, 2.45) is 0 Å². The summed E-state index contributed by atoms with van der Waals surface area (Å²) < 4.78 is 8.86. The van der Waals surface area contributed by atoms with E-state index in [0.29, 0.717) is 6.73 Å². The topological polar surface area (TPSA) is 13.1 Å². The second-order valence-corrected chi connectivity index (χ2v) is 9.96. The van der Waals surface area contributed by atoms with Gasteiger partial charge in [0.05, 0.1) is 10.9 Å². The van der Waals surface area contributed by atoms with E-state index in [-0.39, 0.29) is 5.41 Å². The molecule has 2 heteroatoms. The summed E-state index contributed by atoms with van der Waals surface area (Å²) >= 11 is 0. The van der Waals surface area contributed by atoms with E-state index in [1.165, 1.54) is 65.6 Å². The molecule has 0 saturated carbocycles. The molecule has 0 saturated heterocycles. The van der Waals surface area contributed by atoms with Gasteiger partial charge in [-0.05, 0) is 56.1 Å². The zero-order valence-electron chi connectivity index (χ0n) is 18.6. The fraction of sp³-hybridized carbons (Fsp3) is 0.129. The molecule has 2 aliphatic rings. The fourth-order valence-electron chi connectivity index (χ4n) is 6.42. The number of fused-ring (bicyclic) bond motifs is 8. The lowest BCUT2D eigenvalue weighted by molar-refractivity contribution is -0.693. The van der Waals surface area contributed by atoms with Gasteiger partial charge in [0.15, 0.2) is 0 Å². The van der Waals surface area contributed by atoms with E-state index in [1.807, 2.05) is 0 Å². The first kappa shape index (κ1) is 17.6. The van der Waals surface area contributed by atoms with Crippen molar-refractivity contribution in [3.63, 3.8) is 0 Å². The van der Waals surface area contributed by atoms with Crippen molar-refractivity contribution in [3.8, 4) is 17.0 Å². The van der Waals surface area contributed by atoms with Crippen molar-refractivity contribution >= 4 is 43.2 Å². The summed E-state index contributed by atoms with van der Waals surface area (Å²) in [5, 5.41) is 9.10. The SMILES string of the molecule is CC1(C)c2cc3c4ccccc4ccc3[n+]3c2-c2c(cc4ccc5ccccc5c4c21)OC3. The summed E-state index contributed by atoms with van der Waals surface area (Å²) in [5.41, 5.74) is 6.50. The van der Waals surface area contributed by atoms with Crippen LogP contribution in [-0.2, 0) is 12.1 Å². The Morgan fingerprint density at radius 1 is 0.727 bits per heavy atom. The molecule has 6 aromatic rings. The third kappa shape index (κ3) is 2.03. The van der Waals surface area contributed by atoms with Gasteiger partial charge in [-0.15, -0.1) is 0 Å². The van der Waals surface area contributed by atoms with Gasteiger partial charge in [0.2, 0.25) is 11.2 Å². The second kappa shape index (κ2) is 5.71. The van der Waals surface area contributed by atoms with E-state index >= 15 is 0 Å². The van der Waals surface area contributed by atoms with E-state index in [2.05, 4.69) is 103 Å². The standard InChI is InChI=1S/C31H22NO/c1-31(2)24-16-23-21-9-5-3-7-18(21)13-14-25(23)32-17-33-26-15-20-12-11-19-8-4-6-10-22(19)27(20)29(31)28(26)30(24)32/h3-16H,17H2,1-2H3/q+1. The molecule has 0 fully saturated rings. The van der Waals surface area contributed by atoms with Crippen LogP contribution in [0.1, 0.15) is 25.0 Å². The van der Waals surface area contributed by atoms with Crippen molar-refractivity contribution in [1.29, 1.82) is 0 Å². The summed E-state index contributed by atoms with van der Waals surface area (Å²) in [5.74, 6) is 1.01. The summed E-state index contributed by atoms with van der Waals surface area (Å²) in [6.45, 7) is 5.31. The van der Waals surface area contributed by atoms with Gasteiger partial charge < -0.3 is 4.74 Å². The van der Waals surface area contributed by atoms with Crippen molar-refractivity contribution in [1.82, 2.24) is 0 Å². The predicted molar refractivity (Wildman–Crippen MR) is 135 cm³/mol. The number of rotatable bonds is 0. The van der Waals surface area contributed by atoms with Crippen LogP contribution in [0.2, 0.25) is 0 Å². The molecule has 156 valence electrons. The van der Waals surface area contributed by atoms with Crippen LogP contribution < -0.4 is 9.30 Å². The minimum Gasteiger partial charge on any atom is -0.435 e. The van der Waals surface area contributed by atoms with Crippen molar-refractivity contribution < 1.29 is 9.30 Å². The zero-order valence-corrected chi connectivity index (χ0v) is 18.6. The fourth-order valence-corrected chi connectivity index (χ4v) is 6.42. The molecule has 33 heavy (non-hydrogen) atoms. The Balaban J connectivity index is 1.61. The third-order valence-electron chi connectivity index (χ3n) is 7.93. The molecule has 0 spiro atoms. The molecule has 2 nitrogen and oxygen atoms in total. The molecule has 0 bridgehead atoms. The normalized spacial score (nSPS) is 15.3. The highest BCUT2D eigenvalue weighted by atomic mass is 16.5. The molecular formula is C31H22NO+. The van der Waals surface area contributed by atoms with Crippen molar-refractivity contribution in [3.05, 3.63) is 96.1 Å². The molecule has 1 aliphatic carbocycles. The van der Waals surface area contributed by atoms with Gasteiger partial charge in [0.1, 0.15) is 5.75 Å². The molecule has 5 aromatic carbocycles. The van der Waals surface area contributed by atoms with E-state index in [9.17, 15) is 0 Å². The number of pyridine rings is 1. The lowest BCUT2D eigenvalue weighted by Crippen LogP contribution is -2.42. The van der Waals surface area contributed by atoms with Gasteiger partial charge in [-0.2, -0.15) is 4.57 Å². The van der Waals surface area contributed by atoms with E-state index in [0.717, 1.165) is 5.75 Å². The summed E-state index contributed by atoms with van der Waals surface area (Å²) in [7, 11) is 0. The minimum absolute atomic E-state index is 0.135. The zero-order chi connectivity index (χ0) is 21.9. The average molecular weight is 425 g/mol. The maximum absolute atomic E-state index is 6.46. The molecular weight excluding hydrogens is 402 g/mol. The number of nitrogens with zero attached hydrogens (tertiary/aromatic N) is 1. The van der Waals surface area contributed by atoms with E-state index in [1.54, 1.807) is 0 Å². The van der Waals surface area contributed by atoms with Crippen LogP contribution in [0, 0.1) is 0 Å². The average Bonchev–Trinajstić information content (AvgIpc) is 3.09. The molecule has 0 radical (unpaired) electrons. The first-order chi connectivity index (χ1) is 16.1. The monoisotopic (exact) mass is 424 g/mol. The van der Waals surface area contributed by atoms with Crippen LogP contribution in [0.3, 0.4) is 0 Å². The number of hydrogen-bond acceptors (Lipinski definition) is 1. The van der Waals surface area contributed by atoms with Crippen LogP contribution in [0.5, 0.6) is 5.75 Å². The molecule has 0 atom stereocenters. The second-order valence-electron chi connectivity index (χ2n) is 9.96. The van der Waals surface area contributed by atoms with Crippen LogP contribution >= 0.6 is 0 Å². The van der Waals surface area contributed by atoms with E-state index in [4.69, 9.17) is 4.74 Å². The Bertz CT molecular complexity index is 1840. The van der Waals surface area contributed by atoms with Gasteiger partial charge in [-0.3, -0.25) is 0 Å². The number of aromatic nitrogens is 1. The molecule has 8 rings (SSSR count). The van der Waals surface area contributed by atoms with Gasteiger partial charge in [0.25, 0.3) is 6.73 Å². The Morgan fingerprint density at radius 2 is 1.42 bits per heavy atom. The van der Waals surface area contributed by atoms with Crippen LogP contribution in [0.25, 0.3) is 54.5 Å². The summed E-state index contributed by atoms with van der Waals surface area (Å²) in [6.07, 6.45) is 0. The summed E-state index contributed by atoms with van der Waals surface area (Å²) in [4.78, 5) is 0. The maximum atomic E-state index is 6.46. The van der Waals surface area contributed by atoms with Crippen molar-refractivity contribution in [2.45, 2.75) is 26.0 Å². The van der Waals surface area contributed by atoms with Gasteiger partial charge >= 0.3 is 0 Å². The number of hydrogen-bond donors (Lipinski definition) is 0. The molecule has 1 aliphatic heterocycles. The molecule has 0 amide bonds. The van der Waals surface area contributed by atoms with Crippen LogP contribution in [0.4, 0.5) is 0 Å². The highest BCUT2D eigenvalue weighted by molar-refractivity contribution is 6.14. The molecule has 2 heterocycles. The lowest BCUT2D eigenvalue weighted by Gasteiger charge is -2.23. The molecule has 0 unspecified atom stereocenters. The quantitative estimate of drug-likeness (QED) is 0.185. The first-order valence-electron chi connectivity index (χ1n) is 11.6. The maximum Gasteiger partial charge on any atom is 0.293 e. The van der Waals surface area contributed by atoms with Crippen LogP contribution in [-0.4, -0.2) is 0 Å². The Kier molecular flexibility index (Phi) is 3.05. The highest BCUT2D eigenvalue weighted by Gasteiger charge is 2.47.